The number of urea groups is 1. The maximum Gasteiger partial charge on any atom is 0.318 e. The molecule has 10 heteroatoms. The van der Waals surface area contributed by atoms with E-state index < -0.39 is 17.2 Å². The highest BCUT2D eigenvalue weighted by molar-refractivity contribution is 8.00. The summed E-state index contributed by atoms with van der Waals surface area (Å²) in [7, 11) is 0. The van der Waals surface area contributed by atoms with Crippen LogP contribution in [0.1, 0.15) is 6.92 Å². The second kappa shape index (κ2) is 5.86. The Bertz CT molecular complexity index is 690. The second-order valence-electron chi connectivity index (χ2n) is 3.80. The van der Waals surface area contributed by atoms with E-state index in [-0.39, 0.29) is 0 Å². The molecule has 2 heterocycles. The first-order valence-electron chi connectivity index (χ1n) is 5.35. The standard InChI is InChI=1S/C10H9Cl2N5O2S/c1-4(8(18)14-9(13)19)20-10-16-15-7-6(12)2-5(11)3-17(7)10/h2-4H,1H3,(H3,13,14,18,19)/t4-/m1/s1. The van der Waals surface area contributed by atoms with Crippen molar-refractivity contribution in [1.82, 2.24) is 19.9 Å². The van der Waals surface area contributed by atoms with Crippen LogP contribution in [0.3, 0.4) is 0 Å². The van der Waals surface area contributed by atoms with Crippen LogP contribution in [0.2, 0.25) is 10.0 Å². The highest BCUT2D eigenvalue weighted by atomic mass is 35.5. The third-order valence-corrected chi connectivity index (χ3v) is 3.83. The topological polar surface area (TPSA) is 102 Å². The quantitative estimate of drug-likeness (QED) is 0.832. The van der Waals surface area contributed by atoms with Crippen LogP contribution in [-0.4, -0.2) is 31.8 Å². The van der Waals surface area contributed by atoms with Crippen molar-refractivity contribution in [3.8, 4) is 0 Å². The molecule has 1 atom stereocenters. The summed E-state index contributed by atoms with van der Waals surface area (Å²) in [6.45, 7) is 1.61. The molecule has 0 unspecified atom stereocenters. The summed E-state index contributed by atoms with van der Waals surface area (Å²) in [5, 5.41) is 10.4. The maximum absolute atomic E-state index is 11.6. The lowest BCUT2D eigenvalue weighted by Crippen LogP contribution is -2.39. The molecule has 0 aliphatic rings. The van der Waals surface area contributed by atoms with Gasteiger partial charge < -0.3 is 5.73 Å². The zero-order valence-corrected chi connectivity index (χ0v) is 12.5. The molecule has 2 rings (SSSR count). The van der Waals surface area contributed by atoms with Gasteiger partial charge in [0.15, 0.2) is 10.8 Å². The van der Waals surface area contributed by atoms with E-state index in [1.165, 1.54) is 0 Å². The fourth-order valence-electron chi connectivity index (χ4n) is 1.42. The first-order valence-corrected chi connectivity index (χ1v) is 6.98. The molecule has 2 aromatic rings. The molecule has 0 fully saturated rings. The average molecular weight is 334 g/mol. The summed E-state index contributed by atoms with van der Waals surface area (Å²) < 4.78 is 1.57. The number of primary amides is 1. The Hall–Kier alpha value is -1.51. The molecule has 0 aromatic carbocycles. The summed E-state index contributed by atoms with van der Waals surface area (Å²) in [6.07, 6.45) is 1.59. The van der Waals surface area contributed by atoms with Crippen LogP contribution >= 0.6 is 35.0 Å². The van der Waals surface area contributed by atoms with Gasteiger partial charge >= 0.3 is 6.03 Å². The smallest absolute Gasteiger partial charge is 0.318 e. The van der Waals surface area contributed by atoms with E-state index in [0.717, 1.165) is 11.8 Å². The Kier molecular flexibility index (Phi) is 4.36. The Morgan fingerprint density at radius 1 is 1.45 bits per heavy atom. The van der Waals surface area contributed by atoms with Crippen LogP contribution in [0.25, 0.3) is 5.65 Å². The van der Waals surface area contributed by atoms with E-state index in [0.29, 0.717) is 20.8 Å². The molecule has 106 valence electrons. The molecule has 0 radical (unpaired) electrons. The molecule has 0 aliphatic carbocycles. The minimum atomic E-state index is -0.903. The van der Waals surface area contributed by atoms with E-state index in [4.69, 9.17) is 28.9 Å². The summed E-state index contributed by atoms with van der Waals surface area (Å²) in [6, 6.07) is 0.643. The van der Waals surface area contributed by atoms with Crippen molar-refractivity contribution in [3.05, 3.63) is 22.3 Å². The van der Waals surface area contributed by atoms with Gasteiger partial charge in [-0.2, -0.15) is 0 Å². The van der Waals surface area contributed by atoms with E-state index >= 15 is 0 Å². The first kappa shape index (κ1) is 14.9. The number of imide groups is 1. The van der Waals surface area contributed by atoms with Crippen LogP contribution in [-0.2, 0) is 4.79 Å². The molecule has 2 aromatic heterocycles. The molecule has 0 spiro atoms. The van der Waals surface area contributed by atoms with Crippen LogP contribution in [0.4, 0.5) is 4.79 Å². The highest BCUT2D eigenvalue weighted by Crippen LogP contribution is 2.27. The van der Waals surface area contributed by atoms with E-state index in [1.54, 1.807) is 23.6 Å². The van der Waals surface area contributed by atoms with Crippen molar-refractivity contribution in [1.29, 1.82) is 0 Å². The third-order valence-electron chi connectivity index (χ3n) is 2.29. The van der Waals surface area contributed by atoms with Crippen molar-refractivity contribution in [2.45, 2.75) is 17.3 Å². The fraction of sp³-hybridized carbons (Fsp3) is 0.200. The summed E-state index contributed by atoms with van der Waals surface area (Å²) >= 11 is 13.0. The highest BCUT2D eigenvalue weighted by Gasteiger charge is 2.19. The van der Waals surface area contributed by atoms with Gasteiger partial charge in [0.25, 0.3) is 0 Å². The molecule has 3 amide bonds. The number of amides is 3. The van der Waals surface area contributed by atoms with E-state index in [1.807, 2.05) is 5.32 Å². The normalized spacial score (nSPS) is 12.3. The number of nitrogens with one attached hydrogen (secondary N) is 1. The zero-order valence-electron chi connectivity index (χ0n) is 10.1. The van der Waals surface area contributed by atoms with Gasteiger partial charge in [0.05, 0.1) is 15.3 Å². The molecule has 3 N–H and O–H groups in total. The number of thioether (sulfide) groups is 1. The Morgan fingerprint density at radius 2 is 2.15 bits per heavy atom. The van der Waals surface area contributed by atoms with Crippen molar-refractivity contribution in [3.63, 3.8) is 0 Å². The average Bonchev–Trinajstić information content (AvgIpc) is 2.71. The monoisotopic (exact) mass is 333 g/mol. The van der Waals surface area contributed by atoms with Crippen molar-refractivity contribution < 1.29 is 9.59 Å². The van der Waals surface area contributed by atoms with Crippen molar-refractivity contribution >= 4 is 52.5 Å². The minimum absolute atomic E-state index is 0.353. The number of rotatable bonds is 3. The second-order valence-corrected chi connectivity index (χ2v) is 5.95. The molecular weight excluding hydrogens is 325 g/mol. The number of carbonyl (C=O) groups is 2. The summed E-state index contributed by atoms with van der Waals surface area (Å²) in [5.74, 6) is -0.521. The Morgan fingerprint density at radius 3 is 2.80 bits per heavy atom. The van der Waals surface area contributed by atoms with Crippen molar-refractivity contribution in [2.75, 3.05) is 0 Å². The summed E-state index contributed by atoms with van der Waals surface area (Å²) in [5.41, 5.74) is 5.32. The van der Waals surface area contributed by atoms with Gasteiger partial charge in [-0.05, 0) is 13.0 Å². The largest absolute Gasteiger partial charge is 0.351 e. The van der Waals surface area contributed by atoms with Crippen LogP contribution in [0.15, 0.2) is 17.4 Å². The van der Waals surface area contributed by atoms with E-state index in [9.17, 15) is 9.59 Å². The third kappa shape index (κ3) is 3.14. The Labute approximate surface area is 127 Å². The van der Waals surface area contributed by atoms with E-state index in [2.05, 4.69) is 10.2 Å². The number of fused-ring (bicyclic) bond motifs is 1. The predicted molar refractivity (Wildman–Crippen MR) is 76.1 cm³/mol. The molecule has 0 bridgehead atoms. The lowest BCUT2D eigenvalue weighted by atomic mass is 10.4. The number of pyridine rings is 1. The fourth-order valence-corrected chi connectivity index (χ4v) is 2.75. The lowest BCUT2D eigenvalue weighted by Gasteiger charge is -2.08. The number of hydrogen-bond acceptors (Lipinski definition) is 5. The van der Waals surface area contributed by atoms with Gasteiger partial charge in [0.1, 0.15) is 0 Å². The van der Waals surface area contributed by atoms with Crippen LogP contribution in [0.5, 0.6) is 0 Å². The van der Waals surface area contributed by atoms with Crippen LogP contribution in [0, 0.1) is 0 Å². The van der Waals surface area contributed by atoms with Gasteiger partial charge in [-0.15, -0.1) is 10.2 Å². The number of nitrogens with zero attached hydrogens (tertiary/aromatic N) is 3. The number of carbonyl (C=O) groups excluding carboxylic acids is 2. The first-order chi connectivity index (χ1) is 9.38. The maximum atomic E-state index is 11.6. The van der Waals surface area contributed by atoms with Gasteiger partial charge in [-0.3, -0.25) is 14.5 Å². The zero-order chi connectivity index (χ0) is 14.9. The minimum Gasteiger partial charge on any atom is -0.351 e. The predicted octanol–water partition coefficient (Wildman–Crippen LogP) is 1.71. The molecule has 0 aliphatic heterocycles. The lowest BCUT2D eigenvalue weighted by molar-refractivity contribution is -0.119. The van der Waals surface area contributed by atoms with Gasteiger partial charge in [0, 0.05) is 6.20 Å². The van der Waals surface area contributed by atoms with Gasteiger partial charge in [0.2, 0.25) is 5.91 Å². The van der Waals surface area contributed by atoms with Crippen LogP contribution < -0.4 is 11.1 Å². The Balaban J connectivity index is 2.26. The molecule has 20 heavy (non-hydrogen) atoms. The molecular formula is C10H9Cl2N5O2S. The SMILES string of the molecule is C[C@@H](Sc1nnc2c(Cl)cc(Cl)cn12)C(=O)NC(N)=O. The number of hydrogen-bond donors (Lipinski definition) is 2. The number of nitrogens with two attached hydrogens (primary N) is 1. The van der Waals surface area contributed by atoms with Crippen molar-refractivity contribution in [2.24, 2.45) is 5.73 Å². The van der Waals surface area contributed by atoms with Gasteiger partial charge in [-0.25, -0.2) is 4.79 Å². The summed E-state index contributed by atoms with van der Waals surface area (Å²) in [4.78, 5) is 22.2. The number of halogens is 2. The van der Waals surface area contributed by atoms with Gasteiger partial charge in [-0.1, -0.05) is 35.0 Å². The number of aromatic nitrogens is 3. The molecule has 0 saturated carbocycles. The molecule has 7 nitrogen and oxygen atoms in total. The molecule has 0 saturated heterocycles.